The zero-order chi connectivity index (χ0) is 21.6. The molecule has 2 fully saturated rings. The van der Waals surface area contributed by atoms with E-state index in [1.807, 2.05) is 62.2 Å². The van der Waals surface area contributed by atoms with E-state index in [0.717, 1.165) is 29.6 Å². The first-order valence-electron chi connectivity index (χ1n) is 10.8. The Labute approximate surface area is 178 Å². The van der Waals surface area contributed by atoms with Crippen molar-refractivity contribution < 1.29 is 19.4 Å². The van der Waals surface area contributed by atoms with Crippen molar-refractivity contribution in [2.45, 2.75) is 51.9 Å². The minimum absolute atomic E-state index is 0.0133. The van der Waals surface area contributed by atoms with E-state index in [2.05, 4.69) is 6.92 Å². The normalized spacial score (nSPS) is 32.7. The van der Waals surface area contributed by atoms with Gasteiger partial charge in [0.2, 0.25) is 0 Å². The zero-order valence-corrected chi connectivity index (χ0v) is 18.2. The van der Waals surface area contributed by atoms with Gasteiger partial charge in [-0.1, -0.05) is 43.3 Å². The van der Waals surface area contributed by atoms with Gasteiger partial charge in [0.05, 0.1) is 12.0 Å². The number of ketones is 1. The number of esters is 1. The van der Waals surface area contributed by atoms with E-state index in [4.69, 9.17) is 4.74 Å². The second-order valence-electron chi connectivity index (χ2n) is 9.36. The van der Waals surface area contributed by atoms with Crippen LogP contribution in [0.3, 0.4) is 0 Å². The van der Waals surface area contributed by atoms with E-state index in [1.54, 1.807) is 6.08 Å². The lowest BCUT2D eigenvalue weighted by Crippen LogP contribution is -2.43. The summed E-state index contributed by atoms with van der Waals surface area (Å²) >= 11 is 0. The van der Waals surface area contributed by atoms with E-state index in [9.17, 15) is 14.7 Å². The highest BCUT2D eigenvalue weighted by molar-refractivity contribution is 6.05. The summed E-state index contributed by atoms with van der Waals surface area (Å²) in [5, 5.41) is 10.8. The van der Waals surface area contributed by atoms with Crippen molar-refractivity contribution in [3.63, 3.8) is 0 Å². The zero-order valence-electron chi connectivity index (χ0n) is 18.2. The van der Waals surface area contributed by atoms with Crippen LogP contribution < -0.4 is 0 Å². The van der Waals surface area contributed by atoms with Gasteiger partial charge >= 0.3 is 5.97 Å². The van der Waals surface area contributed by atoms with Gasteiger partial charge in [-0.25, -0.2) is 0 Å². The van der Waals surface area contributed by atoms with Crippen LogP contribution in [0.15, 0.2) is 53.6 Å². The number of hydrogen-bond acceptors (Lipinski definition) is 5. The van der Waals surface area contributed by atoms with Gasteiger partial charge in [0.1, 0.15) is 6.10 Å². The number of hydrogen-bond donors (Lipinski definition) is 1. The molecule has 1 aliphatic heterocycles. The van der Waals surface area contributed by atoms with Crippen molar-refractivity contribution >= 4 is 11.8 Å². The average Bonchev–Trinajstić information content (AvgIpc) is 3.05. The minimum Gasteiger partial charge on any atom is -0.457 e. The predicted molar refractivity (Wildman–Crippen MR) is 115 cm³/mol. The predicted octanol–water partition coefficient (Wildman–Crippen LogP) is 3.45. The van der Waals surface area contributed by atoms with Crippen molar-refractivity contribution in [3.8, 4) is 0 Å². The van der Waals surface area contributed by atoms with E-state index in [-0.39, 0.29) is 41.1 Å². The number of aliphatic hydroxyl groups excluding tert-OH is 1. The van der Waals surface area contributed by atoms with Gasteiger partial charge < -0.3 is 9.84 Å². The maximum Gasteiger partial charge on any atom is 0.311 e. The maximum atomic E-state index is 12.9. The molecule has 2 aliphatic carbocycles. The molecule has 5 nitrogen and oxygen atoms in total. The molecule has 1 aromatic rings. The maximum absolute atomic E-state index is 12.9. The summed E-state index contributed by atoms with van der Waals surface area (Å²) in [5.41, 5.74) is 2.37. The standard InChI is InChI=1S/C25H31NO4/c1-15-20(27)11-13-25(3)12-10-18-19(24(29)30-23(18)21(15)25)14-26(4)16(2)22(28)17-8-6-5-7-9-17/h5-9,11,13,16,18-19,22-23,28H,10,12,14H2,1-4H3/t16-,18-,19+,22+,23-,25-/m0/s1. The number of carbonyl (C=O) groups is 2. The molecule has 1 saturated heterocycles. The molecule has 1 N–H and O–H groups in total. The van der Waals surface area contributed by atoms with Gasteiger partial charge in [0, 0.05) is 29.5 Å². The summed E-state index contributed by atoms with van der Waals surface area (Å²) in [6.45, 7) is 6.49. The summed E-state index contributed by atoms with van der Waals surface area (Å²) in [6, 6.07) is 9.45. The molecule has 6 atom stereocenters. The second-order valence-corrected chi connectivity index (χ2v) is 9.36. The average molecular weight is 410 g/mol. The molecule has 0 bridgehead atoms. The molecule has 1 aromatic carbocycles. The molecular formula is C25H31NO4. The smallest absolute Gasteiger partial charge is 0.311 e. The van der Waals surface area contributed by atoms with Gasteiger partial charge in [0.15, 0.2) is 5.78 Å². The molecule has 0 amide bonds. The molecule has 30 heavy (non-hydrogen) atoms. The lowest BCUT2D eigenvalue weighted by molar-refractivity contribution is -0.144. The first-order chi connectivity index (χ1) is 14.2. The third-order valence-electron chi connectivity index (χ3n) is 7.50. The molecule has 1 heterocycles. The summed E-state index contributed by atoms with van der Waals surface area (Å²) in [4.78, 5) is 27.2. The van der Waals surface area contributed by atoms with Crippen LogP contribution in [0, 0.1) is 17.3 Å². The number of ether oxygens (including phenoxy) is 1. The quantitative estimate of drug-likeness (QED) is 0.755. The van der Waals surface area contributed by atoms with Crippen LogP contribution in [0.25, 0.3) is 0 Å². The van der Waals surface area contributed by atoms with Gasteiger partial charge in [0.25, 0.3) is 0 Å². The van der Waals surface area contributed by atoms with Crippen molar-refractivity contribution in [2.75, 3.05) is 13.6 Å². The van der Waals surface area contributed by atoms with E-state index < -0.39 is 6.10 Å². The fraction of sp³-hybridized carbons (Fsp3) is 0.520. The molecule has 0 unspecified atom stereocenters. The van der Waals surface area contributed by atoms with Crippen LogP contribution >= 0.6 is 0 Å². The monoisotopic (exact) mass is 409 g/mol. The molecule has 0 radical (unpaired) electrons. The van der Waals surface area contributed by atoms with E-state index >= 15 is 0 Å². The fourth-order valence-electron chi connectivity index (χ4n) is 5.43. The van der Waals surface area contributed by atoms with Crippen LogP contribution in [-0.4, -0.2) is 47.5 Å². The molecular weight excluding hydrogens is 378 g/mol. The van der Waals surface area contributed by atoms with Crippen LogP contribution in [-0.2, 0) is 14.3 Å². The molecule has 0 aromatic heterocycles. The van der Waals surface area contributed by atoms with E-state index in [1.165, 1.54) is 0 Å². The second kappa shape index (κ2) is 7.78. The molecule has 3 aliphatic rings. The number of nitrogens with zero attached hydrogens (tertiary/aromatic N) is 1. The summed E-state index contributed by atoms with van der Waals surface area (Å²) in [5.74, 6) is -0.362. The topological polar surface area (TPSA) is 66.8 Å². The Morgan fingerprint density at radius 1 is 1.27 bits per heavy atom. The highest BCUT2D eigenvalue weighted by Gasteiger charge is 2.54. The Morgan fingerprint density at radius 2 is 1.97 bits per heavy atom. The van der Waals surface area contributed by atoms with Crippen LogP contribution in [0.5, 0.6) is 0 Å². The largest absolute Gasteiger partial charge is 0.457 e. The molecule has 1 saturated carbocycles. The molecule has 5 heteroatoms. The molecule has 4 rings (SSSR count). The third-order valence-corrected chi connectivity index (χ3v) is 7.50. The lowest BCUT2D eigenvalue weighted by atomic mass is 9.61. The van der Waals surface area contributed by atoms with Crippen molar-refractivity contribution in [1.82, 2.24) is 4.90 Å². The molecule has 0 spiro atoms. The van der Waals surface area contributed by atoms with Crippen molar-refractivity contribution in [3.05, 3.63) is 59.2 Å². The number of likely N-dealkylation sites (N-methyl/N-ethyl adjacent to an activating group) is 1. The van der Waals surface area contributed by atoms with E-state index in [0.29, 0.717) is 6.54 Å². The lowest BCUT2D eigenvalue weighted by Gasteiger charge is -2.43. The first kappa shape index (κ1) is 21.0. The summed E-state index contributed by atoms with van der Waals surface area (Å²) < 4.78 is 5.88. The number of aliphatic hydroxyl groups is 1. The van der Waals surface area contributed by atoms with Crippen LogP contribution in [0.1, 0.15) is 45.3 Å². The highest BCUT2D eigenvalue weighted by Crippen LogP contribution is 2.53. The van der Waals surface area contributed by atoms with Crippen molar-refractivity contribution in [2.24, 2.45) is 17.3 Å². The Morgan fingerprint density at radius 3 is 2.67 bits per heavy atom. The number of allylic oxidation sites excluding steroid dienone is 3. The fourth-order valence-corrected chi connectivity index (χ4v) is 5.43. The molecule has 160 valence electrons. The van der Waals surface area contributed by atoms with Gasteiger partial charge in [-0.15, -0.1) is 0 Å². The van der Waals surface area contributed by atoms with Gasteiger partial charge in [-0.2, -0.15) is 0 Å². The Balaban J connectivity index is 1.52. The van der Waals surface area contributed by atoms with Gasteiger partial charge in [-0.3, -0.25) is 14.5 Å². The minimum atomic E-state index is -0.634. The Kier molecular flexibility index (Phi) is 5.45. The third kappa shape index (κ3) is 3.44. The van der Waals surface area contributed by atoms with Crippen LogP contribution in [0.2, 0.25) is 0 Å². The number of benzene rings is 1. The highest BCUT2D eigenvalue weighted by atomic mass is 16.6. The SMILES string of the molecule is CC1=C2[C@H]3OC(=O)[C@H](CN(C)[C@@H](C)[C@@H](O)c4ccccc4)[C@@H]3CC[C@@]2(C)C=CC1=O. The number of fused-ring (bicyclic) bond motifs is 3. The Bertz CT molecular complexity index is 905. The van der Waals surface area contributed by atoms with Crippen LogP contribution in [0.4, 0.5) is 0 Å². The first-order valence-corrected chi connectivity index (χ1v) is 10.8. The number of carbonyl (C=O) groups excluding carboxylic acids is 2. The number of rotatable bonds is 5. The Hall–Kier alpha value is -2.24. The van der Waals surface area contributed by atoms with Gasteiger partial charge in [-0.05, 0) is 50.9 Å². The van der Waals surface area contributed by atoms with Crippen molar-refractivity contribution in [1.29, 1.82) is 0 Å². The summed E-state index contributed by atoms with van der Waals surface area (Å²) in [7, 11) is 1.95. The summed E-state index contributed by atoms with van der Waals surface area (Å²) in [6.07, 6.45) is 4.48.